The van der Waals surface area contributed by atoms with Crippen LogP contribution < -0.4 is 11.1 Å². The summed E-state index contributed by atoms with van der Waals surface area (Å²) in [6.07, 6.45) is 10.5. The fourth-order valence-corrected chi connectivity index (χ4v) is 11.9. The Morgan fingerprint density at radius 2 is 1.59 bits per heavy atom. The molecule has 0 heterocycles. The molecule has 0 spiro atoms. The zero-order valence-electron chi connectivity index (χ0n) is 24.3. The molecule has 10 atom stereocenters. The van der Waals surface area contributed by atoms with Crippen LogP contribution in [-0.4, -0.2) is 29.6 Å². The Labute approximate surface area is 224 Å². The van der Waals surface area contributed by atoms with E-state index in [0.29, 0.717) is 23.7 Å². The van der Waals surface area contributed by atoms with Gasteiger partial charge in [0, 0.05) is 0 Å². The van der Waals surface area contributed by atoms with Crippen LogP contribution in [0.3, 0.4) is 0 Å². The molecule has 0 aliphatic heterocycles. The zero-order valence-corrected chi connectivity index (χ0v) is 24.3. The van der Waals surface area contributed by atoms with Gasteiger partial charge < -0.3 is 16.2 Å². The Balaban J connectivity index is 1.53. The molecular weight excluding hydrogens is 460 g/mol. The number of aliphatic hydroxyl groups is 1. The van der Waals surface area contributed by atoms with E-state index >= 15 is 0 Å². The van der Waals surface area contributed by atoms with Gasteiger partial charge in [0.15, 0.2) is 0 Å². The summed E-state index contributed by atoms with van der Waals surface area (Å²) in [5.41, 5.74) is 6.81. The van der Waals surface area contributed by atoms with Crippen molar-refractivity contribution in [1.82, 2.24) is 5.32 Å². The van der Waals surface area contributed by atoms with E-state index in [1.807, 2.05) is 0 Å². The summed E-state index contributed by atoms with van der Waals surface area (Å²) in [5.74, 6) is 1.90. The van der Waals surface area contributed by atoms with Crippen LogP contribution in [0.15, 0.2) is 12.2 Å². The van der Waals surface area contributed by atoms with E-state index in [1.54, 1.807) is 0 Å². The van der Waals surface area contributed by atoms with Crippen molar-refractivity contribution in [1.29, 1.82) is 0 Å². The Kier molecular flexibility index (Phi) is 6.30. The number of allylic oxidation sites excluding steroid dienone is 1. The molecule has 5 saturated carbocycles. The van der Waals surface area contributed by atoms with Crippen LogP contribution in [0.25, 0.3) is 0 Å². The van der Waals surface area contributed by atoms with Gasteiger partial charge in [-0.3, -0.25) is 9.59 Å². The van der Waals surface area contributed by atoms with E-state index in [4.69, 9.17) is 5.73 Å². The zero-order chi connectivity index (χ0) is 27.2. The number of fused-ring (bicyclic) bond motifs is 7. The van der Waals surface area contributed by atoms with Gasteiger partial charge in [0.1, 0.15) is 0 Å². The number of primary amides is 1. The third-order valence-electron chi connectivity index (χ3n) is 13.9. The molecular formula is C32H52N2O3. The maximum absolute atomic E-state index is 13.8. The van der Waals surface area contributed by atoms with Gasteiger partial charge in [-0.25, -0.2) is 0 Å². The topological polar surface area (TPSA) is 92.4 Å². The minimum atomic E-state index is -0.477. The molecule has 5 nitrogen and oxygen atoms in total. The highest BCUT2D eigenvalue weighted by atomic mass is 16.3. The van der Waals surface area contributed by atoms with E-state index in [2.05, 4.69) is 53.4 Å². The van der Waals surface area contributed by atoms with Crippen LogP contribution in [0, 0.1) is 56.7 Å². The summed E-state index contributed by atoms with van der Waals surface area (Å²) < 4.78 is 0. The number of carbonyl (C=O) groups excluding carboxylic acids is 2. The van der Waals surface area contributed by atoms with Crippen molar-refractivity contribution in [2.75, 3.05) is 6.54 Å². The van der Waals surface area contributed by atoms with Gasteiger partial charge in [-0.15, -0.1) is 0 Å². The second kappa shape index (κ2) is 8.57. The van der Waals surface area contributed by atoms with Crippen molar-refractivity contribution in [3.05, 3.63) is 12.2 Å². The molecule has 0 aromatic heterocycles. The summed E-state index contributed by atoms with van der Waals surface area (Å²) in [7, 11) is 0. The largest absolute Gasteiger partial charge is 0.393 e. The minimum absolute atomic E-state index is 0.0389. The van der Waals surface area contributed by atoms with Crippen molar-refractivity contribution >= 4 is 11.8 Å². The van der Waals surface area contributed by atoms with Crippen LogP contribution in [0.1, 0.15) is 106 Å². The molecule has 0 unspecified atom stereocenters. The highest BCUT2D eigenvalue weighted by Gasteiger charge is 2.71. The highest BCUT2D eigenvalue weighted by molar-refractivity contribution is 5.88. The van der Waals surface area contributed by atoms with E-state index in [1.165, 1.54) is 31.3 Å². The number of aliphatic hydroxyl groups excluding tert-OH is 1. The second-order valence-corrected chi connectivity index (χ2v) is 15.4. The molecule has 5 rings (SSSR count). The quantitative estimate of drug-likeness (QED) is 0.428. The van der Waals surface area contributed by atoms with Gasteiger partial charge in [0.25, 0.3) is 0 Å². The molecule has 0 radical (unpaired) electrons. The lowest BCUT2D eigenvalue weighted by atomic mass is 9.32. The predicted molar refractivity (Wildman–Crippen MR) is 147 cm³/mol. The van der Waals surface area contributed by atoms with Crippen LogP contribution in [0.5, 0.6) is 0 Å². The first-order valence-corrected chi connectivity index (χ1v) is 15.1. The monoisotopic (exact) mass is 512 g/mol. The first kappa shape index (κ1) is 27.2. The smallest absolute Gasteiger partial charge is 0.236 e. The minimum Gasteiger partial charge on any atom is -0.393 e. The molecule has 5 aliphatic rings. The summed E-state index contributed by atoms with van der Waals surface area (Å²) in [6, 6.07) is 0. The van der Waals surface area contributed by atoms with Crippen LogP contribution in [-0.2, 0) is 9.59 Å². The first-order chi connectivity index (χ1) is 17.1. The Hall–Kier alpha value is -1.36. The molecule has 0 aromatic rings. The number of carbonyl (C=O) groups is 2. The fourth-order valence-electron chi connectivity index (χ4n) is 11.9. The number of hydrogen-bond acceptors (Lipinski definition) is 3. The first-order valence-electron chi connectivity index (χ1n) is 15.1. The number of amides is 2. The lowest BCUT2D eigenvalue weighted by Gasteiger charge is -2.72. The van der Waals surface area contributed by atoms with Crippen molar-refractivity contribution in [3.8, 4) is 0 Å². The third-order valence-corrected chi connectivity index (χ3v) is 13.9. The molecule has 208 valence electrons. The molecule has 0 bridgehead atoms. The molecule has 0 aromatic carbocycles. The van der Waals surface area contributed by atoms with Gasteiger partial charge in [-0.05, 0) is 122 Å². The lowest BCUT2D eigenvalue weighted by Crippen LogP contribution is -2.67. The third kappa shape index (κ3) is 3.50. The summed E-state index contributed by atoms with van der Waals surface area (Å²) in [6.45, 7) is 18.9. The van der Waals surface area contributed by atoms with Gasteiger partial charge in [-0.1, -0.05) is 46.8 Å². The SMILES string of the molecule is C=C(C)[C@@H]1CC[C@]2(C(=O)NCC(N)=O)CC[C@]3(C)[C@H](CC[C@@H]4[C@@]5(C)CC[C@H](O)C(C)(C)[C@@H]5CC[C@]43C)[C@@H]12. The van der Waals surface area contributed by atoms with E-state index in [9.17, 15) is 14.7 Å². The van der Waals surface area contributed by atoms with Gasteiger partial charge >= 0.3 is 0 Å². The predicted octanol–water partition coefficient (Wildman–Crippen LogP) is 5.61. The molecule has 2 amide bonds. The molecule has 0 saturated heterocycles. The standard InChI is InChI=1S/C32H52N2O3/c1-19(2)20-10-15-32(27(37)34-18-25(33)36)17-16-30(6)21(26(20)32)8-9-23-29(5)13-12-24(35)28(3,4)22(29)11-14-31(23,30)7/h20-24,26,35H,1,8-18H2,2-7H3,(H2,33,36)(H,34,37)/t20-,21+,22-,23+,24-,26+,29-,30+,31+,32-/m0/s1. The van der Waals surface area contributed by atoms with Crippen molar-refractivity contribution < 1.29 is 14.7 Å². The Morgan fingerprint density at radius 3 is 2.24 bits per heavy atom. The Morgan fingerprint density at radius 1 is 0.892 bits per heavy atom. The summed E-state index contributed by atoms with van der Waals surface area (Å²) in [4.78, 5) is 25.3. The molecule has 4 N–H and O–H groups in total. The average Bonchev–Trinajstić information content (AvgIpc) is 3.22. The van der Waals surface area contributed by atoms with Crippen LogP contribution in [0.4, 0.5) is 0 Å². The highest BCUT2D eigenvalue weighted by Crippen LogP contribution is 2.77. The maximum Gasteiger partial charge on any atom is 0.236 e. The number of rotatable bonds is 4. The van der Waals surface area contributed by atoms with E-state index < -0.39 is 11.3 Å². The van der Waals surface area contributed by atoms with Crippen LogP contribution >= 0.6 is 0 Å². The fraction of sp³-hybridized carbons (Fsp3) is 0.875. The normalized spacial score (nSPS) is 50.1. The molecule has 5 heteroatoms. The van der Waals surface area contributed by atoms with E-state index in [0.717, 1.165) is 38.5 Å². The molecule has 5 fully saturated rings. The summed E-state index contributed by atoms with van der Waals surface area (Å²) in [5, 5.41) is 13.9. The maximum atomic E-state index is 13.8. The van der Waals surface area contributed by atoms with Crippen LogP contribution in [0.2, 0.25) is 0 Å². The molecule has 37 heavy (non-hydrogen) atoms. The van der Waals surface area contributed by atoms with E-state index in [-0.39, 0.29) is 46.1 Å². The van der Waals surface area contributed by atoms with Gasteiger partial charge in [0.05, 0.1) is 18.1 Å². The number of nitrogens with one attached hydrogen (secondary N) is 1. The van der Waals surface area contributed by atoms with Gasteiger partial charge in [0.2, 0.25) is 11.8 Å². The van der Waals surface area contributed by atoms with Gasteiger partial charge in [-0.2, -0.15) is 0 Å². The lowest BCUT2D eigenvalue weighted by molar-refractivity contribution is -0.246. The summed E-state index contributed by atoms with van der Waals surface area (Å²) >= 11 is 0. The van der Waals surface area contributed by atoms with Crippen molar-refractivity contribution in [2.24, 2.45) is 62.4 Å². The van der Waals surface area contributed by atoms with Crippen molar-refractivity contribution in [2.45, 2.75) is 112 Å². The number of hydrogen-bond donors (Lipinski definition) is 3. The Bertz CT molecular complexity index is 991. The average molecular weight is 513 g/mol. The number of nitrogens with two attached hydrogens (primary N) is 1. The molecule has 5 aliphatic carbocycles. The van der Waals surface area contributed by atoms with Crippen molar-refractivity contribution in [3.63, 3.8) is 0 Å². The second-order valence-electron chi connectivity index (χ2n) is 15.4.